The van der Waals surface area contributed by atoms with Gasteiger partial charge in [0.25, 0.3) is 0 Å². The van der Waals surface area contributed by atoms with E-state index in [1.807, 2.05) is 19.0 Å². The molecule has 0 fully saturated rings. The Balaban J connectivity index is 4.57. The first kappa shape index (κ1) is 65.1. The van der Waals surface area contributed by atoms with Crippen molar-refractivity contribution in [3.05, 3.63) is 0 Å². The fourth-order valence-electron chi connectivity index (χ4n) is 8.18. The van der Waals surface area contributed by atoms with E-state index >= 15 is 0 Å². The summed E-state index contributed by atoms with van der Waals surface area (Å²) in [5.41, 5.74) is 0. The van der Waals surface area contributed by atoms with E-state index in [2.05, 4.69) is 27.7 Å². The minimum atomic E-state index is -1.30. The molecule has 0 aromatic rings. The van der Waals surface area contributed by atoms with Crippen LogP contribution < -0.4 is 0 Å². The molecule has 400 valence electrons. The van der Waals surface area contributed by atoms with Crippen LogP contribution in [0.15, 0.2) is 0 Å². The van der Waals surface area contributed by atoms with E-state index < -0.39 is 24.2 Å². The van der Waals surface area contributed by atoms with Gasteiger partial charge in [-0.15, -0.1) is 0 Å². The zero-order valence-corrected chi connectivity index (χ0v) is 44.9. The molecule has 0 aromatic heterocycles. The highest BCUT2D eigenvalue weighted by atomic mass is 16.7. The fraction of sp³-hybridized carbons (Fsp3) is 0.911. The summed E-state index contributed by atoms with van der Waals surface area (Å²) >= 11 is 0. The maximum atomic E-state index is 13.0. The maximum absolute atomic E-state index is 13.0. The summed E-state index contributed by atoms with van der Waals surface area (Å²) in [5.74, 6) is -1.39. The first-order chi connectivity index (χ1) is 33.1. The van der Waals surface area contributed by atoms with Gasteiger partial charge in [0.05, 0.1) is 13.2 Å². The predicted molar refractivity (Wildman–Crippen MR) is 275 cm³/mol. The second kappa shape index (κ2) is 49.1. The van der Waals surface area contributed by atoms with Crippen molar-refractivity contribution in [2.45, 2.75) is 290 Å². The quantitative estimate of drug-likeness (QED) is 0.0325. The Bertz CT molecular complexity index is 1200. The van der Waals surface area contributed by atoms with Crippen LogP contribution in [0.25, 0.3) is 0 Å². The lowest BCUT2D eigenvalue weighted by molar-refractivity contribution is -0.157. The van der Waals surface area contributed by atoms with Crippen molar-refractivity contribution < 1.29 is 52.4 Å². The second-order valence-electron chi connectivity index (χ2n) is 19.5. The molecule has 0 radical (unpaired) electrons. The number of rotatable bonds is 50. The van der Waals surface area contributed by atoms with E-state index in [9.17, 15) is 24.0 Å². The standard InChI is InChI=1S/C56H105NO11/c1-7-11-15-19-23-31-39-49(37-29-17-13-9-3)66-53(59)41-33-25-21-27-35-46-63-52(58)44-43-51(68-56(62)65-48-45-57(5)6)55(61)64-47-36-28-22-26-34-42-54(60)67-50(38-30-18-14-10-4)40-32-24-20-16-12-8-2/h49-51H,7-48H2,1-6H3. The van der Waals surface area contributed by atoms with E-state index in [1.165, 1.54) is 103 Å². The highest BCUT2D eigenvalue weighted by Gasteiger charge is 2.27. The zero-order chi connectivity index (χ0) is 50.1. The van der Waals surface area contributed by atoms with Gasteiger partial charge in [-0.25, -0.2) is 9.59 Å². The molecule has 0 N–H and O–H groups in total. The van der Waals surface area contributed by atoms with Gasteiger partial charge in [0.2, 0.25) is 6.10 Å². The Morgan fingerprint density at radius 3 is 1.15 bits per heavy atom. The topological polar surface area (TPSA) is 144 Å². The van der Waals surface area contributed by atoms with Gasteiger partial charge in [-0.2, -0.15) is 0 Å². The van der Waals surface area contributed by atoms with Crippen molar-refractivity contribution in [2.24, 2.45) is 0 Å². The average molecular weight is 968 g/mol. The maximum Gasteiger partial charge on any atom is 0.509 e. The van der Waals surface area contributed by atoms with Gasteiger partial charge in [0.1, 0.15) is 18.8 Å². The normalized spacial score (nSPS) is 12.6. The van der Waals surface area contributed by atoms with Gasteiger partial charge in [0, 0.05) is 32.2 Å². The predicted octanol–water partition coefficient (Wildman–Crippen LogP) is 14.9. The van der Waals surface area contributed by atoms with Crippen LogP contribution in [0, 0.1) is 0 Å². The first-order valence-corrected chi connectivity index (χ1v) is 28.2. The lowest BCUT2D eigenvalue weighted by atomic mass is 10.0. The molecule has 0 rings (SSSR count). The SMILES string of the molecule is CCCCCCCCC(CCCCCC)OC(=O)CCCCCCCOC(=O)CCC(OC(=O)OCCN(C)C)C(=O)OCCCCCCCC(=O)OC(CCCCCC)CCCCCCCC. The van der Waals surface area contributed by atoms with E-state index in [4.69, 9.17) is 28.4 Å². The average Bonchev–Trinajstić information content (AvgIpc) is 3.31. The molecular weight excluding hydrogens is 863 g/mol. The Morgan fingerprint density at radius 2 is 0.721 bits per heavy atom. The van der Waals surface area contributed by atoms with Crippen LogP contribution in [-0.2, 0) is 47.6 Å². The number of ether oxygens (including phenoxy) is 6. The highest BCUT2D eigenvalue weighted by molar-refractivity contribution is 5.78. The number of likely N-dealkylation sites (N-methyl/N-ethyl adjacent to an activating group) is 1. The van der Waals surface area contributed by atoms with Crippen LogP contribution in [0.5, 0.6) is 0 Å². The van der Waals surface area contributed by atoms with Gasteiger partial charge in [-0.3, -0.25) is 14.4 Å². The van der Waals surface area contributed by atoms with E-state index in [0.29, 0.717) is 32.2 Å². The first-order valence-electron chi connectivity index (χ1n) is 28.2. The van der Waals surface area contributed by atoms with Gasteiger partial charge >= 0.3 is 30.0 Å². The summed E-state index contributed by atoms with van der Waals surface area (Å²) in [4.78, 5) is 65.3. The highest BCUT2D eigenvalue weighted by Crippen LogP contribution is 2.20. The Morgan fingerprint density at radius 1 is 0.353 bits per heavy atom. The van der Waals surface area contributed by atoms with Crippen molar-refractivity contribution in [1.82, 2.24) is 4.90 Å². The largest absolute Gasteiger partial charge is 0.509 e. The second-order valence-corrected chi connectivity index (χ2v) is 19.5. The molecule has 0 aliphatic rings. The number of hydrogen-bond donors (Lipinski definition) is 0. The van der Waals surface area contributed by atoms with E-state index in [0.717, 1.165) is 103 Å². The Labute approximate surface area is 416 Å². The van der Waals surface area contributed by atoms with Gasteiger partial charge in [0.15, 0.2) is 0 Å². The molecule has 0 amide bonds. The molecule has 0 saturated carbocycles. The summed E-state index contributed by atoms with van der Waals surface area (Å²) in [6.45, 7) is 9.86. The summed E-state index contributed by atoms with van der Waals surface area (Å²) in [6.07, 6.45) is 34.6. The van der Waals surface area contributed by atoms with Crippen LogP contribution >= 0.6 is 0 Å². The number of hydrogen-bond acceptors (Lipinski definition) is 12. The van der Waals surface area contributed by atoms with Crippen LogP contribution in [0.3, 0.4) is 0 Å². The lowest BCUT2D eigenvalue weighted by Gasteiger charge is -2.18. The third-order valence-electron chi connectivity index (χ3n) is 12.5. The Kier molecular flexibility index (Phi) is 47.0. The molecule has 0 aromatic carbocycles. The summed E-state index contributed by atoms with van der Waals surface area (Å²) in [6, 6.07) is 0. The monoisotopic (exact) mass is 968 g/mol. The van der Waals surface area contributed by atoms with E-state index in [-0.39, 0.29) is 56.8 Å². The minimum Gasteiger partial charge on any atom is -0.466 e. The molecule has 68 heavy (non-hydrogen) atoms. The molecule has 0 saturated heterocycles. The third-order valence-corrected chi connectivity index (χ3v) is 12.5. The summed E-state index contributed by atoms with van der Waals surface area (Å²) in [7, 11) is 3.70. The summed E-state index contributed by atoms with van der Waals surface area (Å²) < 4.78 is 33.2. The summed E-state index contributed by atoms with van der Waals surface area (Å²) in [5, 5.41) is 0. The number of nitrogens with zero attached hydrogens (tertiary/aromatic N) is 1. The van der Waals surface area contributed by atoms with Crippen LogP contribution in [0.1, 0.15) is 272 Å². The van der Waals surface area contributed by atoms with Crippen molar-refractivity contribution >= 4 is 30.0 Å². The molecule has 0 bridgehead atoms. The molecule has 0 aliphatic heterocycles. The molecule has 3 unspecified atom stereocenters. The smallest absolute Gasteiger partial charge is 0.466 e. The molecule has 3 atom stereocenters. The van der Waals surface area contributed by atoms with Gasteiger partial charge < -0.3 is 33.3 Å². The zero-order valence-electron chi connectivity index (χ0n) is 44.9. The molecule has 12 nitrogen and oxygen atoms in total. The van der Waals surface area contributed by atoms with Gasteiger partial charge in [-0.05, 0) is 91.1 Å². The molecule has 0 aliphatic carbocycles. The molecule has 0 heterocycles. The van der Waals surface area contributed by atoms with Crippen molar-refractivity contribution in [3.8, 4) is 0 Å². The number of carbonyl (C=O) groups is 5. The van der Waals surface area contributed by atoms with Gasteiger partial charge in [-0.1, -0.05) is 169 Å². The van der Waals surface area contributed by atoms with Crippen LogP contribution in [0.4, 0.5) is 4.79 Å². The van der Waals surface area contributed by atoms with Crippen molar-refractivity contribution in [3.63, 3.8) is 0 Å². The van der Waals surface area contributed by atoms with Crippen molar-refractivity contribution in [1.29, 1.82) is 0 Å². The number of carbonyl (C=O) groups excluding carboxylic acids is 5. The molecule has 12 heteroatoms. The third kappa shape index (κ3) is 44.3. The molecule has 0 spiro atoms. The molecular formula is C56H105NO11. The minimum absolute atomic E-state index is 0.0261. The lowest BCUT2D eigenvalue weighted by Crippen LogP contribution is -2.31. The fourth-order valence-corrected chi connectivity index (χ4v) is 8.18. The number of esters is 4. The van der Waals surface area contributed by atoms with Crippen molar-refractivity contribution in [2.75, 3.05) is 40.5 Å². The Hall–Kier alpha value is -2.89. The van der Waals surface area contributed by atoms with Crippen LogP contribution in [-0.4, -0.2) is 93.7 Å². The van der Waals surface area contributed by atoms with E-state index in [1.54, 1.807) is 0 Å². The van der Waals surface area contributed by atoms with Crippen LogP contribution in [0.2, 0.25) is 0 Å². The number of unbranched alkanes of at least 4 members (excludes halogenated alkanes) is 24.